The average molecular weight is 283 g/mol. The predicted octanol–water partition coefficient (Wildman–Crippen LogP) is 2.85. The molecule has 1 aromatic rings. The van der Waals surface area contributed by atoms with Gasteiger partial charge in [0.1, 0.15) is 5.75 Å². The Morgan fingerprint density at radius 3 is 2.88 bits per heavy atom. The summed E-state index contributed by atoms with van der Waals surface area (Å²) in [6.45, 7) is 4.38. The number of hydrogen-bond acceptors (Lipinski definition) is 3. The van der Waals surface area contributed by atoms with Crippen LogP contribution >= 0.6 is 15.9 Å². The lowest BCUT2D eigenvalue weighted by Crippen LogP contribution is -2.24. The van der Waals surface area contributed by atoms with Crippen LogP contribution in [0.15, 0.2) is 16.6 Å². The Labute approximate surface area is 104 Å². The molecule has 2 N–H and O–H groups in total. The minimum atomic E-state index is 0.128. The summed E-state index contributed by atoms with van der Waals surface area (Å²) in [5.41, 5.74) is 1.69. The van der Waals surface area contributed by atoms with Gasteiger partial charge in [-0.3, -0.25) is 0 Å². The van der Waals surface area contributed by atoms with Crippen molar-refractivity contribution in [3.8, 4) is 11.8 Å². The molecule has 3 nitrogen and oxygen atoms in total. The van der Waals surface area contributed by atoms with E-state index in [4.69, 9.17) is 5.26 Å². The van der Waals surface area contributed by atoms with Crippen molar-refractivity contribution in [3.63, 3.8) is 0 Å². The van der Waals surface area contributed by atoms with Gasteiger partial charge in [-0.2, -0.15) is 5.26 Å². The molecule has 0 bridgehead atoms. The van der Waals surface area contributed by atoms with E-state index < -0.39 is 0 Å². The average Bonchev–Trinajstić information content (AvgIpc) is 2.21. The molecule has 0 fully saturated rings. The molecule has 1 unspecified atom stereocenters. The molecule has 1 aromatic carbocycles. The first kappa shape index (κ1) is 13.0. The first-order valence-corrected chi connectivity index (χ1v) is 5.92. The molecule has 86 valence electrons. The van der Waals surface area contributed by atoms with Crippen LogP contribution in [0.5, 0.6) is 5.75 Å². The van der Waals surface area contributed by atoms with Crippen molar-refractivity contribution in [1.82, 2.24) is 5.32 Å². The largest absolute Gasteiger partial charge is 0.507 e. The van der Waals surface area contributed by atoms with Gasteiger partial charge < -0.3 is 10.4 Å². The van der Waals surface area contributed by atoms with Crippen molar-refractivity contribution < 1.29 is 5.11 Å². The Morgan fingerprint density at radius 2 is 2.25 bits per heavy atom. The second-order valence-corrected chi connectivity index (χ2v) is 4.79. The Balaban J connectivity index is 2.71. The van der Waals surface area contributed by atoms with Gasteiger partial charge in [-0.05, 0) is 31.5 Å². The fourth-order valence-electron chi connectivity index (χ4n) is 1.43. The van der Waals surface area contributed by atoms with Crippen molar-refractivity contribution in [3.05, 3.63) is 27.7 Å². The van der Waals surface area contributed by atoms with Crippen LogP contribution in [0.1, 0.15) is 24.5 Å². The third-order valence-electron chi connectivity index (χ3n) is 2.38. The second-order valence-electron chi connectivity index (χ2n) is 3.87. The summed E-state index contributed by atoms with van der Waals surface area (Å²) in [5, 5.41) is 21.6. The highest BCUT2D eigenvalue weighted by molar-refractivity contribution is 9.10. The first-order valence-electron chi connectivity index (χ1n) is 5.13. The van der Waals surface area contributed by atoms with Gasteiger partial charge in [0, 0.05) is 22.6 Å². The van der Waals surface area contributed by atoms with Gasteiger partial charge in [-0.1, -0.05) is 15.9 Å². The summed E-state index contributed by atoms with van der Waals surface area (Å²) in [6, 6.07) is 5.99. The molecule has 0 aliphatic rings. The van der Waals surface area contributed by atoms with Crippen molar-refractivity contribution in [2.75, 3.05) is 0 Å². The van der Waals surface area contributed by atoms with Gasteiger partial charge in [0.25, 0.3) is 0 Å². The molecule has 0 aliphatic carbocycles. The number of nitrogens with one attached hydrogen (secondary N) is 1. The minimum Gasteiger partial charge on any atom is -0.507 e. The normalized spacial score (nSPS) is 12.1. The van der Waals surface area contributed by atoms with Crippen LogP contribution in [0.3, 0.4) is 0 Å². The summed E-state index contributed by atoms with van der Waals surface area (Å²) in [5.74, 6) is 0.319. The summed E-state index contributed by atoms with van der Waals surface area (Å²) in [6.07, 6.45) is 0.466. The molecule has 0 saturated heterocycles. The topological polar surface area (TPSA) is 56.0 Å². The van der Waals surface area contributed by atoms with Gasteiger partial charge in [-0.25, -0.2) is 0 Å². The SMILES string of the molecule is Cc1cc(Br)cc(CNC(C)CC#N)c1O. The molecule has 0 amide bonds. The van der Waals surface area contributed by atoms with E-state index in [0.717, 1.165) is 15.6 Å². The molecule has 0 aromatic heterocycles. The van der Waals surface area contributed by atoms with Gasteiger partial charge in [-0.15, -0.1) is 0 Å². The number of nitriles is 1. The molecule has 0 heterocycles. The van der Waals surface area contributed by atoms with Crippen molar-refractivity contribution in [1.29, 1.82) is 5.26 Å². The number of nitrogens with zero attached hydrogens (tertiary/aromatic N) is 1. The maximum Gasteiger partial charge on any atom is 0.123 e. The van der Waals surface area contributed by atoms with E-state index >= 15 is 0 Å². The van der Waals surface area contributed by atoms with E-state index in [1.165, 1.54) is 0 Å². The second kappa shape index (κ2) is 5.88. The quantitative estimate of drug-likeness (QED) is 0.893. The smallest absolute Gasteiger partial charge is 0.123 e. The number of hydrogen-bond donors (Lipinski definition) is 2. The molecular weight excluding hydrogens is 268 g/mol. The molecular formula is C12H15BrN2O. The zero-order valence-electron chi connectivity index (χ0n) is 9.42. The zero-order valence-corrected chi connectivity index (χ0v) is 11.0. The third kappa shape index (κ3) is 3.51. The van der Waals surface area contributed by atoms with E-state index in [2.05, 4.69) is 27.3 Å². The molecule has 0 aliphatic heterocycles. The lowest BCUT2D eigenvalue weighted by Gasteiger charge is -2.12. The monoisotopic (exact) mass is 282 g/mol. The third-order valence-corrected chi connectivity index (χ3v) is 2.84. The number of phenols is 1. The molecule has 0 radical (unpaired) electrons. The zero-order chi connectivity index (χ0) is 12.1. The number of aromatic hydroxyl groups is 1. The Hall–Kier alpha value is -1.05. The molecule has 4 heteroatoms. The van der Waals surface area contributed by atoms with Crippen molar-refractivity contribution >= 4 is 15.9 Å². The Morgan fingerprint density at radius 1 is 1.56 bits per heavy atom. The number of aryl methyl sites for hydroxylation is 1. The minimum absolute atomic E-state index is 0.128. The van der Waals surface area contributed by atoms with Gasteiger partial charge in [0.2, 0.25) is 0 Å². The molecule has 0 spiro atoms. The van der Waals surface area contributed by atoms with Crippen LogP contribution < -0.4 is 5.32 Å². The van der Waals surface area contributed by atoms with E-state index in [1.54, 1.807) is 0 Å². The first-order chi connectivity index (χ1) is 7.54. The highest BCUT2D eigenvalue weighted by Gasteiger charge is 2.07. The van der Waals surface area contributed by atoms with Gasteiger partial charge in [0.05, 0.1) is 12.5 Å². The molecule has 16 heavy (non-hydrogen) atoms. The number of halogens is 1. The summed E-state index contributed by atoms with van der Waals surface area (Å²) < 4.78 is 0.951. The fraction of sp³-hybridized carbons (Fsp3) is 0.417. The predicted molar refractivity (Wildman–Crippen MR) is 67.1 cm³/mol. The Bertz CT molecular complexity index is 412. The Kier molecular flexibility index (Phi) is 4.78. The van der Waals surface area contributed by atoms with Crippen LogP contribution in [0.4, 0.5) is 0 Å². The van der Waals surface area contributed by atoms with Crippen LogP contribution in [0, 0.1) is 18.3 Å². The molecule has 1 atom stereocenters. The number of phenolic OH excluding ortho intramolecular Hbond substituents is 1. The highest BCUT2D eigenvalue weighted by Crippen LogP contribution is 2.26. The maximum atomic E-state index is 9.84. The van der Waals surface area contributed by atoms with E-state index in [-0.39, 0.29) is 6.04 Å². The van der Waals surface area contributed by atoms with E-state index in [1.807, 2.05) is 26.0 Å². The lowest BCUT2D eigenvalue weighted by atomic mass is 10.1. The maximum absolute atomic E-state index is 9.84. The molecule has 0 saturated carbocycles. The van der Waals surface area contributed by atoms with Crippen LogP contribution in [-0.4, -0.2) is 11.1 Å². The fourth-order valence-corrected chi connectivity index (χ4v) is 2.05. The van der Waals surface area contributed by atoms with E-state index in [9.17, 15) is 5.11 Å². The lowest BCUT2D eigenvalue weighted by molar-refractivity contribution is 0.455. The summed E-state index contributed by atoms with van der Waals surface area (Å²) >= 11 is 3.39. The van der Waals surface area contributed by atoms with Gasteiger partial charge >= 0.3 is 0 Å². The van der Waals surface area contributed by atoms with Crippen LogP contribution in [-0.2, 0) is 6.54 Å². The van der Waals surface area contributed by atoms with Crippen molar-refractivity contribution in [2.45, 2.75) is 32.9 Å². The summed E-state index contributed by atoms with van der Waals surface area (Å²) in [4.78, 5) is 0. The van der Waals surface area contributed by atoms with E-state index in [0.29, 0.717) is 18.7 Å². The van der Waals surface area contributed by atoms with Crippen molar-refractivity contribution in [2.24, 2.45) is 0 Å². The molecule has 1 rings (SSSR count). The number of rotatable bonds is 4. The highest BCUT2D eigenvalue weighted by atomic mass is 79.9. The standard InChI is InChI=1S/C12H15BrN2O/c1-8-5-11(13)6-10(12(8)16)7-15-9(2)3-4-14/h5-6,9,15-16H,3,7H2,1-2H3. The summed E-state index contributed by atoms with van der Waals surface area (Å²) in [7, 11) is 0. The van der Waals surface area contributed by atoms with Crippen LogP contribution in [0.25, 0.3) is 0 Å². The van der Waals surface area contributed by atoms with Crippen LogP contribution in [0.2, 0.25) is 0 Å². The van der Waals surface area contributed by atoms with Gasteiger partial charge in [0.15, 0.2) is 0 Å². The number of benzene rings is 1.